The molecule has 0 spiro atoms. The summed E-state index contributed by atoms with van der Waals surface area (Å²) in [5, 5.41) is 33.1. The third-order valence-electron chi connectivity index (χ3n) is 5.17. The zero-order chi connectivity index (χ0) is 27.6. The number of carbonyl (C=O) groups excluding carboxylic acids is 2. The fourth-order valence-electron chi connectivity index (χ4n) is 3.46. The van der Waals surface area contributed by atoms with Gasteiger partial charge in [-0.1, -0.05) is 45.9 Å². The summed E-state index contributed by atoms with van der Waals surface area (Å²) in [6.07, 6.45) is -2.99. The van der Waals surface area contributed by atoms with Crippen LogP contribution in [0.2, 0.25) is 0 Å². The minimum absolute atomic E-state index is 0.00788. The second kappa shape index (κ2) is 14.0. The Balaban J connectivity index is 3.17. The van der Waals surface area contributed by atoms with Crippen LogP contribution in [0.3, 0.4) is 0 Å². The van der Waals surface area contributed by atoms with E-state index in [9.17, 15) is 38.1 Å². The van der Waals surface area contributed by atoms with Crippen molar-refractivity contribution >= 4 is 24.6 Å². The fraction of sp³-hybridized carbons (Fsp3) is 0.542. The van der Waals surface area contributed by atoms with Crippen molar-refractivity contribution in [2.24, 2.45) is 11.8 Å². The van der Waals surface area contributed by atoms with Gasteiger partial charge >= 0.3 is 13.3 Å². The molecule has 2 unspecified atom stereocenters. The Bertz CT molecular complexity index is 961. The Morgan fingerprint density at radius 2 is 1.86 bits per heavy atom. The quantitative estimate of drug-likeness (QED) is 0.194. The van der Waals surface area contributed by atoms with Gasteiger partial charge in [-0.3, -0.25) is 14.9 Å². The number of likely N-dealkylation sites (N-methyl/N-ethyl adjacent to an activating group) is 1. The molecule has 1 rings (SSSR count). The van der Waals surface area contributed by atoms with Gasteiger partial charge < -0.3 is 20.3 Å². The van der Waals surface area contributed by atoms with Crippen molar-refractivity contribution in [1.29, 1.82) is 5.26 Å². The first-order valence-corrected chi connectivity index (χ1v) is 11.6. The second-order valence-corrected chi connectivity index (χ2v) is 9.38. The Hall–Kier alpha value is -2.88. The molecular formula is C24H34BF3N4O4. The molecule has 0 aliphatic heterocycles. The molecular weight excluding hydrogens is 476 g/mol. The van der Waals surface area contributed by atoms with Crippen LogP contribution in [0.4, 0.5) is 18.9 Å². The van der Waals surface area contributed by atoms with Crippen LogP contribution in [0.15, 0.2) is 35.9 Å². The number of amides is 2. The van der Waals surface area contributed by atoms with E-state index in [-0.39, 0.29) is 30.3 Å². The average molecular weight is 510 g/mol. The SMILES string of the molecule is CC(C)C=C(C#N)C(=O)N(C)c1cccc(CC(NCC(F)(F)F)C(=O)NC(CC(C)C)B(O)O)c1. The molecule has 2 amide bonds. The van der Waals surface area contributed by atoms with Crippen LogP contribution in [0.25, 0.3) is 0 Å². The zero-order valence-corrected chi connectivity index (χ0v) is 21.1. The van der Waals surface area contributed by atoms with E-state index in [0.717, 1.165) is 0 Å². The molecule has 0 saturated heterocycles. The number of nitriles is 1. The minimum Gasteiger partial charge on any atom is -0.426 e. The maximum Gasteiger partial charge on any atom is 0.475 e. The Labute approximate surface area is 210 Å². The van der Waals surface area contributed by atoms with Crippen LogP contribution >= 0.6 is 0 Å². The van der Waals surface area contributed by atoms with Crippen LogP contribution in [0.1, 0.15) is 39.7 Å². The lowest BCUT2D eigenvalue weighted by Gasteiger charge is -2.25. The molecule has 1 aromatic carbocycles. The summed E-state index contributed by atoms with van der Waals surface area (Å²) in [4.78, 5) is 26.8. The molecule has 12 heteroatoms. The molecule has 4 N–H and O–H groups in total. The van der Waals surface area contributed by atoms with Crippen molar-refractivity contribution in [2.45, 2.75) is 58.7 Å². The third kappa shape index (κ3) is 10.8. The van der Waals surface area contributed by atoms with Gasteiger partial charge in [0.25, 0.3) is 5.91 Å². The van der Waals surface area contributed by atoms with E-state index >= 15 is 0 Å². The molecule has 0 radical (unpaired) electrons. The van der Waals surface area contributed by atoms with E-state index in [1.54, 1.807) is 38.1 Å². The minimum atomic E-state index is -4.57. The van der Waals surface area contributed by atoms with E-state index < -0.39 is 43.6 Å². The number of carbonyl (C=O) groups is 2. The first-order valence-electron chi connectivity index (χ1n) is 11.6. The standard InChI is InChI=1S/C24H34BF3N4O4/c1-15(2)9-18(13-29)23(34)32(5)19-8-6-7-17(11-19)12-20(30-14-24(26,27)28)22(33)31-21(25(35)36)10-16(3)4/h6-9,11,15-16,20-21,30,35-36H,10,12,14H2,1-5H3,(H,31,33). The summed E-state index contributed by atoms with van der Waals surface area (Å²) >= 11 is 0. The normalized spacial score (nSPS) is 13.8. The first-order chi connectivity index (χ1) is 16.6. The molecule has 0 fully saturated rings. The maximum atomic E-state index is 12.9. The molecule has 0 aliphatic carbocycles. The van der Waals surface area contributed by atoms with Crippen LogP contribution in [0, 0.1) is 23.2 Å². The highest BCUT2D eigenvalue weighted by atomic mass is 19.4. The van der Waals surface area contributed by atoms with Crippen LogP contribution in [-0.2, 0) is 16.0 Å². The number of benzene rings is 1. The number of alkyl halides is 3. The second-order valence-electron chi connectivity index (χ2n) is 9.38. The van der Waals surface area contributed by atoms with Crippen molar-refractivity contribution in [3.05, 3.63) is 41.5 Å². The number of nitrogens with zero attached hydrogens (tertiary/aromatic N) is 2. The van der Waals surface area contributed by atoms with Gasteiger partial charge in [-0.05, 0) is 42.4 Å². The summed E-state index contributed by atoms with van der Waals surface area (Å²) in [6.45, 7) is 5.83. The van der Waals surface area contributed by atoms with E-state index in [1.165, 1.54) is 18.0 Å². The first kappa shape index (κ1) is 31.2. The predicted molar refractivity (Wildman–Crippen MR) is 132 cm³/mol. The van der Waals surface area contributed by atoms with Gasteiger partial charge in [0.2, 0.25) is 5.91 Å². The smallest absolute Gasteiger partial charge is 0.426 e. The van der Waals surface area contributed by atoms with Crippen molar-refractivity contribution < 1.29 is 32.8 Å². The summed E-state index contributed by atoms with van der Waals surface area (Å²) in [5.74, 6) is -2.45. The highest BCUT2D eigenvalue weighted by molar-refractivity contribution is 6.43. The van der Waals surface area contributed by atoms with Crippen LogP contribution in [-0.4, -0.2) is 60.7 Å². The largest absolute Gasteiger partial charge is 0.475 e. The van der Waals surface area contributed by atoms with Gasteiger partial charge in [-0.2, -0.15) is 18.4 Å². The zero-order valence-electron chi connectivity index (χ0n) is 21.1. The Morgan fingerprint density at radius 3 is 2.36 bits per heavy atom. The monoisotopic (exact) mass is 510 g/mol. The molecule has 0 heterocycles. The number of anilines is 1. The van der Waals surface area contributed by atoms with E-state index in [1.807, 2.05) is 19.9 Å². The van der Waals surface area contributed by atoms with E-state index in [0.29, 0.717) is 11.3 Å². The Morgan fingerprint density at radius 1 is 1.22 bits per heavy atom. The molecule has 8 nitrogen and oxygen atoms in total. The van der Waals surface area contributed by atoms with Crippen molar-refractivity contribution in [2.75, 3.05) is 18.5 Å². The average Bonchev–Trinajstić information content (AvgIpc) is 2.77. The molecule has 1 aromatic rings. The highest BCUT2D eigenvalue weighted by Crippen LogP contribution is 2.20. The summed E-state index contributed by atoms with van der Waals surface area (Å²) in [6, 6.07) is 6.87. The van der Waals surface area contributed by atoms with Gasteiger partial charge in [-0.15, -0.1) is 0 Å². The molecule has 0 bridgehead atoms. The van der Waals surface area contributed by atoms with Gasteiger partial charge in [0.1, 0.15) is 11.6 Å². The number of hydrogen-bond donors (Lipinski definition) is 4. The van der Waals surface area contributed by atoms with Gasteiger partial charge in [0.05, 0.1) is 18.5 Å². The lowest BCUT2D eigenvalue weighted by Crippen LogP contribution is -2.55. The number of hydrogen-bond acceptors (Lipinski definition) is 6. The van der Waals surface area contributed by atoms with Crippen molar-refractivity contribution in [1.82, 2.24) is 10.6 Å². The van der Waals surface area contributed by atoms with Crippen molar-refractivity contribution in [3.63, 3.8) is 0 Å². The number of rotatable bonds is 12. The molecule has 0 aliphatic rings. The maximum absolute atomic E-state index is 12.9. The highest BCUT2D eigenvalue weighted by Gasteiger charge is 2.33. The third-order valence-corrected chi connectivity index (χ3v) is 5.17. The van der Waals surface area contributed by atoms with E-state index in [2.05, 4.69) is 10.6 Å². The molecule has 2 atom stereocenters. The van der Waals surface area contributed by atoms with Gasteiger partial charge in [-0.25, -0.2) is 0 Å². The lowest BCUT2D eigenvalue weighted by atomic mass is 9.75. The number of allylic oxidation sites excluding steroid dienone is 1. The summed E-state index contributed by atoms with van der Waals surface area (Å²) in [5.41, 5.74) is 0.805. The number of halogens is 3. The molecule has 0 aromatic heterocycles. The number of nitrogens with one attached hydrogen (secondary N) is 2. The van der Waals surface area contributed by atoms with E-state index in [4.69, 9.17) is 0 Å². The molecule has 36 heavy (non-hydrogen) atoms. The van der Waals surface area contributed by atoms with Crippen molar-refractivity contribution in [3.8, 4) is 6.07 Å². The van der Waals surface area contributed by atoms with Gasteiger partial charge in [0.15, 0.2) is 0 Å². The van der Waals surface area contributed by atoms with Crippen LogP contribution in [0.5, 0.6) is 0 Å². The Kier molecular flexibility index (Phi) is 12.1. The summed E-state index contributed by atoms with van der Waals surface area (Å²) < 4.78 is 38.7. The van der Waals surface area contributed by atoms with Gasteiger partial charge in [0, 0.05) is 12.7 Å². The summed E-state index contributed by atoms with van der Waals surface area (Å²) in [7, 11) is -0.408. The topological polar surface area (TPSA) is 126 Å². The molecule has 0 saturated carbocycles. The lowest BCUT2D eigenvalue weighted by molar-refractivity contribution is -0.132. The molecule has 198 valence electrons. The predicted octanol–water partition coefficient (Wildman–Crippen LogP) is 2.36. The fourth-order valence-corrected chi connectivity index (χ4v) is 3.46. The van der Waals surface area contributed by atoms with Crippen LogP contribution < -0.4 is 15.5 Å².